The summed E-state index contributed by atoms with van der Waals surface area (Å²) in [6, 6.07) is 10.6. The van der Waals surface area contributed by atoms with Crippen molar-refractivity contribution in [1.82, 2.24) is 0 Å². The average molecular weight is 866 g/mol. The van der Waals surface area contributed by atoms with E-state index in [9.17, 15) is 5.26 Å². The lowest BCUT2D eigenvalue weighted by Crippen LogP contribution is -2.49. The van der Waals surface area contributed by atoms with Crippen LogP contribution in [-0.2, 0) is 20.5 Å². The summed E-state index contributed by atoms with van der Waals surface area (Å²) >= 11 is 0. The van der Waals surface area contributed by atoms with Gasteiger partial charge in [0.2, 0.25) is 0 Å². The first-order valence-electron chi connectivity index (χ1n) is 26.0. The van der Waals surface area contributed by atoms with E-state index in [1.165, 1.54) is 108 Å². The van der Waals surface area contributed by atoms with Crippen molar-refractivity contribution in [2.24, 2.45) is 0 Å². The van der Waals surface area contributed by atoms with Gasteiger partial charge in [0, 0.05) is 22.3 Å². The van der Waals surface area contributed by atoms with Gasteiger partial charge in [-0.1, -0.05) is 12.1 Å². The van der Waals surface area contributed by atoms with E-state index in [0.717, 1.165) is 5.46 Å². The van der Waals surface area contributed by atoms with Gasteiger partial charge in [-0.25, -0.2) is 0 Å². The van der Waals surface area contributed by atoms with Crippen molar-refractivity contribution >= 4 is 303 Å². The Hall–Kier alpha value is -8.85. The molecule has 71 heavy (non-hydrogen) atoms. The molecule has 0 unspecified atom stereocenters. The van der Waals surface area contributed by atoms with Crippen molar-refractivity contribution in [1.29, 1.82) is 5.26 Å². The zero-order valence-corrected chi connectivity index (χ0v) is 35.7. The Bertz CT molecular complexity index is 6930. The topological polar surface area (TPSA) is 42.2 Å². The molecule has 0 aromatic heterocycles. The molecule has 292 valence electrons. The van der Waals surface area contributed by atoms with Crippen LogP contribution in [0.4, 0.5) is 0 Å². The minimum absolute atomic E-state index is 0.637. The van der Waals surface area contributed by atoms with Crippen LogP contribution in [0, 0.1) is 11.3 Å². The van der Waals surface area contributed by atoms with Crippen LogP contribution in [-0.4, -0.2) is 7.12 Å². The molecular formula is C67H4BNO2. The number of rotatable bonds is 1. The highest BCUT2D eigenvalue weighted by molar-refractivity contribution is 6.82. The van der Waals surface area contributed by atoms with Gasteiger partial charge in [0.05, 0.1) is 11.6 Å². The summed E-state index contributed by atoms with van der Waals surface area (Å²) in [6.07, 6.45) is 0. The molecular weight excluding hydrogens is 862 g/mol. The van der Waals surface area contributed by atoms with Crippen molar-refractivity contribution in [2.45, 2.75) is 11.2 Å². The lowest BCUT2D eigenvalue weighted by molar-refractivity contribution is 0.0130. The summed E-state index contributed by atoms with van der Waals surface area (Å²) in [6.45, 7) is 0. The van der Waals surface area contributed by atoms with Crippen LogP contribution in [0.1, 0.15) is 27.8 Å². The number of benzene rings is 19. The van der Waals surface area contributed by atoms with Gasteiger partial charge in [0.1, 0.15) is 11.2 Å². The fraction of sp³-hybridized carbons (Fsp3) is 0.0299. The van der Waals surface area contributed by atoms with Gasteiger partial charge < -0.3 is 9.31 Å². The van der Waals surface area contributed by atoms with E-state index in [1.807, 2.05) is 12.1 Å². The number of nitriles is 1. The number of nitrogens with zero attached hydrogens (tertiary/aromatic N) is 1. The third-order valence-corrected chi connectivity index (χ3v) is 25.0. The van der Waals surface area contributed by atoms with Crippen molar-refractivity contribution in [2.75, 3.05) is 0 Å². The molecule has 0 bridgehead atoms. The Morgan fingerprint density at radius 3 is 0.549 bits per heavy atom. The van der Waals surface area contributed by atoms with E-state index >= 15 is 0 Å². The predicted octanol–water partition coefficient (Wildman–Crippen LogP) is 16.5. The molecule has 4 aliphatic carbocycles. The minimum atomic E-state index is -0.920. The largest absolute Gasteiger partial charge is 0.495 e. The summed E-state index contributed by atoms with van der Waals surface area (Å²) in [4.78, 5) is 0. The SMILES string of the molecule is N#Cc1ccc(B2OC34c5c6c7c8c9c%10c(c%11c%12c3c3c5c5c%13c6c6c7c7c9c9c%14c%10c%10c%11c%11c%12c%12c3c3c5c5c%13c%13c6c6c7c9c7c9c%14c%10c%10c%11c%11c%12c3c3c5c5c%13c6c7c6c9c%10c%11c3c56)C84O2)cc1. The summed E-state index contributed by atoms with van der Waals surface area (Å²) in [7, 11) is -0.637. The summed E-state index contributed by atoms with van der Waals surface area (Å²) in [5.41, 5.74) is 5.56. The van der Waals surface area contributed by atoms with E-state index in [2.05, 4.69) is 18.2 Å². The quantitative estimate of drug-likeness (QED) is 0.122. The first kappa shape index (κ1) is 26.2. The lowest BCUT2D eigenvalue weighted by atomic mass is 9.61. The molecule has 34 rings (SSSR count). The Morgan fingerprint density at radius 1 is 0.239 bits per heavy atom. The Labute approximate surface area is 385 Å². The van der Waals surface area contributed by atoms with Crippen LogP contribution < -0.4 is 5.46 Å². The van der Waals surface area contributed by atoms with E-state index in [4.69, 9.17) is 9.31 Å². The predicted molar refractivity (Wildman–Crippen MR) is 293 cm³/mol. The van der Waals surface area contributed by atoms with Gasteiger partial charge in [-0.3, -0.25) is 0 Å². The molecule has 0 atom stereocenters. The average Bonchev–Trinajstić information content (AvgIpc) is 4.30. The van der Waals surface area contributed by atoms with Crippen molar-refractivity contribution in [3.05, 3.63) is 52.1 Å². The van der Waals surface area contributed by atoms with Crippen molar-refractivity contribution in [3.63, 3.8) is 0 Å². The standard InChI is InChI=1S/C67H4BNO2/c69-5-6-1-3-7(4-2-6)68-70-66-62-54-46-36-26-18-10-8-9-12-16-14(10)22-30-24(16)34-28-20(12)21-13(9)17-15-11(8)19(18)27-33-23(15)31-25(17)35-29(21)39-38(28)48-42(34)52-44(30)50(40(46)32(22)26)58(62)60(52)64-56(48)57-49(39)43(35)53-45(31)51-41(33)47(37(27)36)55(54)63(66)59(51)61(53)65(57)67(64,66)71-68/h1-4H. The van der Waals surface area contributed by atoms with E-state index in [-0.39, 0.29) is 0 Å². The smallest absolute Gasteiger partial charge is 0.390 e. The van der Waals surface area contributed by atoms with E-state index in [1.54, 1.807) is 205 Å². The maximum atomic E-state index is 10.1. The molecule has 0 radical (unpaired) electrons. The van der Waals surface area contributed by atoms with Gasteiger partial charge >= 0.3 is 7.12 Å². The molecule has 29 aromatic carbocycles. The summed E-state index contributed by atoms with van der Waals surface area (Å²) in [5.74, 6) is 0. The van der Waals surface area contributed by atoms with Crippen molar-refractivity contribution in [3.8, 4) is 6.07 Å². The third kappa shape index (κ3) is 1.41. The summed E-state index contributed by atoms with van der Waals surface area (Å²) < 4.78 is 17.0. The third-order valence-electron chi connectivity index (χ3n) is 25.0. The zero-order valence-electron chi connectivity index (χ0n) is 35.7. The maximum Gasteiger partial charge on any atom is 0.495 e. The van der Waals surface area contributed by atoms with Crippen LogP contribution in [0.5, 0.6) is 0 Å². The monoisotopic (exact) mass is 865 g/mol. The fourth-order valence-corrected chi connectivity index (χ4v) is 24.7. The molecule has 0 N–H and O–H groups in total. The van der Waals surface area contributed by atoms with E-state index < -0.39 is 18.3 Å². The molecule has 1 saturated heterocycles. The molecule has 1 aliphatic heterocycles. The molecule has 1 fully saturated rings. The number of hydrogen-bond donors (Lipinski definition) is 0. The normalized spacial score (nSPS) is 22.3. The Kier molecular flexibility index (Phi) is 2.19. The second-order valence-electron chi connectivity index (χ2n) is 25.4. The van der Waals surface area contributed by atoms with E-state index in [0.29, 0.717) is 5.56 Å². The molecule has 29 aromatic rings. The highest BCUT2D eigenvalue weighted by Crippen LogP contribution is 2.85. The highest BCUT2D eigenvalue weighted by atomic mass is 16.7. The van der Waals surface area contributed by atoms with Gasteiger partial charge in [-0.05, 0) is 308 Å². The molecule has 2 spiro atoms. The van der Waals surface area contributed by atoms with Crippen LogP contribution in [0.15, 0.2) is 24.3 Å². The van der Waals surface area contributed by atoms with Gasteiger partial charge in [-0.2, -0.15) is 5.26 Å². The van der Waals surface area contributed by atoms with Gasteiger partial charge in [0.15, 0.2) is 0 Å². The molecule has 5 aliphatic rings. The first-order chi connectivity index (χ1) is 35.3. The Balaban J connectivity index is 1.13. The zero-order chi connectivity index (χ0) is 42.2. The van der Waals surface area contributed by atoms with Crippen molar-refractivity contribution < 1.29 is 9.31 Å². The fourth-order valence-electron chi connectivity index (χ4n) is 24.7. The van der Waals surface area contributed by atoms with Crippen LogP contribution >= 0.6 is 0 Å². The minimum Gasteiger partial charge on any atom is -0.390 e. The molecule has 3 nitrogen and oxygen atoms in total. The second-order valence-corrected chi connectivity index (χ2v) is 25.4. The first-order valence-corrected chi connectivity index (χ1v) is 26.0. The second kappa shape index (κ2) is 5.93. The summed E-state index contributed by atoms with van der Waals surface area (Å²) in [5, 5.41) is 94.8. The highest BCUT2D eigenvalue weighted by Gasteiger charge is 2.76. The number of hydrogen-bond acceptors (Lipinski definition) is 3. The van der Waals surface area contributed by atoms with Crippen LogP contribution in [0.3, 0.4) is 0 Å². The van der Waals surface area contributed by atoms with Crippen LogP contribution in [0.2, 0.25) is 0 Å². The molecule has 4 heteroatoms. The Morgan fingerprint density at radius 2 is 0.394 bits per heavy atom. The lowest BCUT2D eigenvalue weighted by Gasteiger charge is -2.48. The van der Waals surface area contributed by atoms with Crippen LogP contribution in [0.25, 0.3) is 291 Å². The van der Waals surface area contributed by atoms with Gasteiger partial charge in [-0.15, -0.1) is 0 Å². The maximum absolute atomic E-state index is 10.1. The molecule has 0 amide bonds. The molecule has 0 saturated carbocycles. The molecule has 1 heterocycles. The van der Waals surface area contributed by atoms with Gasteiger partial charge in [0.25, 0.3) is 0 Å².